The third-order valence-corrected chi connectivity index (χ3v) is 6.12. The molecule has 0 aliphatic rings. The Bertz CT molecular complexity index is 966. The molecule has 1 amide bonds. The lowest BCUT2D eigenvalue weighted by atomic mass is 10.1. The number of amides is 1. The fourth-order valence-electron chi connectivity index (χ4n) is 2.45. The van der Waals surface area contributed by atoms with Crippen molar-refractivity contribution in [2.45, 2.75) is 31.3 Å². The first-order valence-electron chi connectivity index (χ1n) is 8.24. The third-order valence-electron chi connectivity index (χ3n) is 3.81. The van der Waals surface area contributed by atoms with Crippen molar-refractivity contribution < 1.29 is 17.9 Å². The zero-order chi connectivity index (χ0) is 20.0. The molecule has 0 saturated carbocycles. The molecule has 0 aromatic heterocycles. The van der Waals surface area contributed by atoms with Crippen LogP contribution in [0, 0.1) is 11.3 Å². The van der Waals surface area contributed by atoms with Crippen LogP contribution in [-0.4, -0.2) is 26.4 Å². The van der Waals surface area contributed by atoms with E-state index in [0.29, 0.717) is 12.1 Å². The van der Waals surface area contributed by atoms with Crippen molar-refractivity contribution in [2.24, 2.45) is 0 Å². The Balaban J connectivity index is 2.03. The van der Waals surface area contributed by atoms with Crippen LogP contribution >= 0.6 is 15.9 Å². The van der Waals surface area contributed by atoms with Gasteiger partial charge in [0.2, 0.25) is 0 Å². The smallest absolute Gasteiger partial charge is 0.411 e. The number of carbonyl (C=O) groups excluding carboxylic acids is 1. The highest BCUT2D eigenvalue weighted by Gasteiger charge is 2.18. The van der Waals surface area contributed by atoms with Gasteiger partial charge >= 0.3 is 6.09 Å². The molecule has 8 heteroatoms. The highest BCUT2D eigenvalue weighted by atomic mass is 79.9. The van der Waals surface area contributed by atoms with Crippen LogP contribution in [0.4, 0.5) is 10.5 Å². The van der Waals surface area contributed by atoms with Crippen LogP contribution in [0.25, 0.3) is 0 Å². The second-order valence-corrected chi connectivity index (χ2v) is 9.06. The van der Waals surface area contributed by atoms with Crippen molar-refractivity contribution >= 4 is 37.5 Å². The number of nitrogens with zero attached hydrogens (tertiary/aromatic N) is 1. The molecule has 2 rings (SSSR count). The predicted molar refractivity (Wildman–Crippen MR) is 106 cm³/mol. The van der Waals surface area contributed by atoms with Crippen LogP contribution < -0.4 is 5.32 Å². The summed E-state index contributed by atoms with van der Waals surface area (Å²) in [7, 11) is -3.51. The largest absolute Gasteiger partial charge is 0.446 e. The lowest BCUT2D eigenvalue weighted by molar-refractivity contribution is 0.120. The first kappa shape index (κ1) is 20.9. The molecule has 2 aromatic rings. The van der Waals surface area contributed by atoms with Crippen LogP contribution in [0.3, 0.4) is 0 Å². The van der Waals surface area contributed by atoms with Gasteiger partial charge in [-0.3, -0.25) is 5.32 Å². The van der Waals surface area contributed by atoms with E-state index >= 15 is 0 Å². The Kier molecular flexibility index (Phi) is 6.99. The molecule has 0 radical (unpaired) electrons. The van der Waals surface area contributed by atoms with Crippen LogP contribution in [-0.2, 0) is 21.0 Å². The lowest BCUT2D eigenvalue weighted by Gasteiger charge is -2.14. The Morgan fingerprint density at radius 1 is 1.26 bits per heavy atom. The van der Waals surface area contributed by atoms with Crippen LogP contribution in [0.1, 0.15) is 25.0 Å². The monoisotopic (exact) mass is 450 g/mol. The maximum atomic E-state index is 12.1. The molecule has 0 aliphatic carbocycles. The second-order valence-electron chi connectivity index (χ2n) is 5.90. The summed E-state index contributed by atoms with van der Waals surface area (Å²) in [5.41, 5.74) is 1.30. The highest BCUT2D eigenvalue weighted by Crippen LogP contribution is 2.21. The molecule has 2 aromatic carbocycles. The van der Waals surface area contributed by atoms with Gasteiger partial charge < -0.3 is 4.74 Å². The minimum Gasteiger partial charge on any atom is -0.446 e. The summed E-state index contributed by atoms with van der Waals surface area (Å²) in [5, 5.41) is 11.7. The maximum Gasteiger partial charge on any atom is 0.411 e. The number of hydrogen-bond donors (Lipinski definition) is 1. The Morgan fingerprint density at radius 3 is 2.52 bits per heavy atom. The summed E-state index contributed by atoms with van der Waals surface area (Å²) < 4.78 is 30.3. The second kappa shape index (κ2) is 9.02. The van der Waals surface area contributed by atoms with Crippen molar-refractivity contribution in [2.75, 3.05) is 11.1 Å². The maximum absolute atomic E-state index is 12.1. The van der Waals surface area contributed by atoms with Gasteiger partial charge in [0, 0.05) is 16.6 Å². The van der Waals surface area contributed by atoms with Gasteiger partial charge in [0.1, 0.15) is 12.2 Å². The average Bonchev–Trinajstić information content (AvgIpc) is 2.63. The van der Waals surface area contributed by atoms with Crippen LogP contribution in [0.15, 0.2) is 51.8 Å². The highest BCUT2D eigenvalue weighted by molar-refractivity contribution is 9.10. The van der Waals surface area contributed by atoms with E-state index in [1.54, 1.807) is 6.92 Å². The molecule has 0 bridgehead atoms. The van der Waals surface area contributed by atoms with E-state index in [4.69, 9.17) is 4.74 Å². The van der Waals surface area contributed by atoms with Gasteiger partial charge in [-0.2, -0.15) is 5.26 Å². The van der Waals surface area contributed by atoms with E-state index in [1.165, 1.54) is 25.1 Å². The van der Waals surface area contributed by atoms with Crippen LogP contribution in [0.5, 0.6) is 0 Å². The SMILES string of the molecule is CCS(=O)(=O)c1ccc(NC(=O)OC(C)Cc2ccc(Br)cc2)cc1C#N. The number of anilines is 1. The number of nitrogens with one attached hydrogen (secondary N) is 1. The number of hydrogen-bond acceptors (Lipinski definition) is 5. The van der Waals surface area contributed by atoms with Gasteiger partial charge in [0.25, 0.3) is 0 Å². The summed E-state index contributed by atoms with van der Waals surface area (Å²) in [5.74, 6) is -0.107. The van der Waals surface area contributed by atoms with E-state index in [-0.39, 0.29) is 22.3 Å². The summed E-state index contributed by atoms with van der Waals surface area (Å²) in [6, 6.07) is 13.6. The molecule has 0 spiro atoms. The lowest BCUT2D eigenvalue weighted by Crippen LogP contribution is -2.22. The fourth-order valence-corrected chi connectivity index (χ4v) is 3.74. The Hall–Kier alpha value is -2.37. The van der Waals surface area contributed by atoms with Gasteiger partial charge in [0.15, 0.2) is 9.84 Å². The molecule has 1 unspecified atom stereocenters. The quantitative estimate of drug-likeness (QED) is 0.707. The molecule has 0 saturated heterocycles. The number of rotatable bonds is 6. The number of halogens is 1. The molecular weight excluding hydrogens is 432 g/mol. The van der Waals surface area contributed by atoms with Gasteiger partial charge in [-0.15, -0.1) is 0 Å². The van der Waals surface area contributed by atoms with Gasteiger partial charge in [-0.05, 0) is 42.8 Å². The topological polar surface area (TPSA) is 96.3 Å². The molecule has 0 aliphatic heterocycles. The van der Waals surface area contributed by atoms with Crippen molar-refractivity contribution in [1.82, 2.24) is 0 Å². The fraction of sp³-hybridized carbons (Fsp3) is 0.263. The summed E-state index contributed by atoms with van der Waals surface area (Å²) in [6.07, 6.45) is -0.478. The van der Waals surface area contributed by atoms with Crippen molar-refractivity contribution in [3.63, 3.8) is 0 Å². The van der Waals surface area contributed by atoms with E-state index in [9.17, 15) is 18.5 Å². The molecule has 6 nitrogen and oxygen atoms in total. The predicted octanol–water partition coefficient (Wildman–Crippen LogP) is 4.29. The summed E-state index contributed by atoms with van der Waals surface area (Å²) in [4.78, 5) is 12.0. The number of carbonyl (C=O) groups is 1. The molecule has 1 atom stereocenters. The molecule has 1 N–H and O–H groups in total. The zero-order valence-corrected chi connectivity index (χ0v) is 17.3. The first-order chi connectivity index (χ1) is 12.7. The minimum atomic E-state index is -3.51. The summed E-state index contributed by atoms with van der Waals surface area (Å²) in [6.45, 7) is 3.28. The standard InChI is InChI=1S/C19H19BrN2O4S/c1-3-27(24,25)18-9-8-17(11-15(18)12-21)22-19(23)26-13(2)10-14-4-6-16(20)7-5-14/h4-9,11,13H,3,10H2,1-2H3,(H,22,23). The summed E-state index contributed by atoms with van der Waals surface area (Å²) >= 11 is 3.37. The molecule has 27 heavy (non-hydrogen) atoms. The van der Waals surface area contributed by atoms with Crippen molar-refractivity contribution in [3.05, 3.63) is 58.1 Å². The van der Waals surface area contributed by atoms with E-state index in [2.05, 4.69) is 21.2 Å². The van der Waals surface area contributed by atoms with Gasteiger partial charge in [-0.1, -0.05) is 35.0 Å². The number of sulfone groups is 1. The molecule has 142 valence electrons. The van der Waals surface area contributed by atoms with E-state index in [1.807, 2.05) is 30.3 Å². The number of benzene rings is 2. The van der Waals surface area contributed by atoms with E-state index in [0.717, 1.165) is 10.0 Å². The molecular formula is C19H19BrN2O4S. The average molecular weight is 451 g/mol. The normalized spacial score (nSPS) is 12.1. The van der Waals surface area contributed by atoms with Crippen molar-refractivity contribution in [3.8, 4) is 6.07 Å². The van der Waals surface area contributed by atoms with Gasteiger partial charge in [-0.25, -0.2) is 13.2 Å². The van der Waals surface area contributed by atoms with Crippen molar-refractivity contribution in [1.29, 1.82) is 5.26 Å². The first-order valence-corrected chi connectivity index (χ1v) is 10.7. The van der Waals surface area contributed by atoms with Crippen LogP contribution in [0.2, 0.25) is 0 Å². The third kappa shape index (κ3) is 5.81. The van der Waals surface area contributed by atoms with E-state index < -0.39 is 15.9 Å². The number of nitriles is 1. The Labute approximate surface area is 167 Å². The minimum absolute atomic E-state index is 0.0161. The zero-order valence-electron chi connectivity index (χ0n) is 14.9. The molecule has 0 fully saturated rings. The number of ether oxygens (including phenoxy) is 1. The Morgan fingerprint density at radius 2 is 1.93 bits per heavy atom. The molecule has 0 heterocycles. The van der Waals surface area contributed by atoms with Gasteiger partial charge in [0.05, 0.1) is 16.2 Å².